The fraction of sp³-hybridized carbons (Fsp3) is 0.211. The maximum Gasteiger partial charge on any atom is 0.322 e. The van der Waals surface area contributed by atoms with Crippen LogP contribution in [-0.2, 0) is 0 Å². The Morgan fingerprint density at radius 3 is 2.75 bits per heavy atom. The molecule has 0 aliphatic carbocycles. The zero-order valence-electron chi connectivity index (χ0n) is 14.5. The van der Waals surface area contributed by atoms with Crippen molar-refractivity contribution in [3.05, 3.63) is 65.0 Å². The molecule has 1 aromatic heterocycles. The number of rotatable bonds is 3. The van der Waals surface area contributed by atoms with Crippen LogP contribution in [0, 0.1) is 11.6 Å². The van der Waals surface area contributed by atoms with Crippen LogP contribution in [0.3, 0.4) is 0 Å². The Morgan fingerprint density at radius 2 is 2.00 bits per heavy atom. The minimum atomic E-state index is -0.781. The summed E-state index contributed by atoms with van der Waals surface area (Å²) in [6, 6.07) is 9.16. The number of aromatic nitrogens is 2. The highest BCUT2D eigenvalue weighted by Gasteiger charge is 2.34. The van der Waals surface area contributed by atoms with Gasteiger partial charge in [-0.3, -0.25) is 0 Å². The molecule has 0 saturated carbocycles. The van der Waals surface area contributed by atoms with Gasteiger partial charge < -0.3 is 14.7 Å². The van der Waals surface area contributed by atoms with Crippen LogP contribution in [0.15, 0.2) is 47.0 Å². The quantitative estimate of drug-likeness (QED) is 0.664. The largest absolute Gasteiger partial charge is 0.337 e. The van der Waals surface area contributed by atoms with Gasteiger partial charge in [-0.25, -0.2) is 13.6 Å². The third-order valence-corrected chi connectivity index (χ3v) is 4.76. The first-order chi connectivity index (χ1) is 13.5. The van der Waals surface area contributed by atoms with Crippen molar-refractivity contribution in [2.75, 3.05) is 11.9 Å². The molecule has 28 heavy (non-hydrogen) atoms. The SMILES string of the molecule is O=C(Nc1ccc(Cl)cc1)N1CCC[C@@H]1c1nc(-c2ccc(F)cc2F)no1. The first-order valence-corrected chi connectivity index (χ1v) is 9.01. The summed E-state index contributed by atoms with van der Waals surface area (Å²) in [5, 5.41) is 7.16. The number of carbonyl (C=O) groups excluding carboxylic acids is 1. The molecule has 1 fully saturated rings. The van der Waals surface area contributed by atoms with E-state index in [0.717, 1.165) is 18.6 Å². The molecule has 4 rings (SSSR count). The van der Waals surface area contributed by atoms with Crippen molar-refractivity contribution in [2.45, 2.75) is 18.9 Å². The van der Waals surface area contributed by atoms with Crippen LogP contribution in [0.25, 0.3) is 11.4 Å². The summed E-state index contributed by atoms with van der Waals surface area (Å²) >= 11 is 5.85. The van der Waals surface area contributed by atoms with Gasteiger partial charge in [0.15, 0.2) is 0 Å². The molecule has 1 saturated heterocycles. The monoisotopic (exact) mass is 404 g/mol. The average molecular weight is 405 g/mol. The molecule has 0 bridgehead atoms. The van der Waals surface area contributed by atoms with Gasteiger partial charge in [-0.05, 0) is 49.2 Å². The molecule has 144 valence electrons. The van der Waals surface area contributed by atoms with E-state index in [4.69, 9.17) is 16.1 Å². The Hall–Kier alpha value is -3.00. The number of nitrogens with zero attached hydrogens (tertiary/aromatic N) is 3. The molecule has 1 N–H and O–H groups in total. The van der Waals surface area contributed by atoms with Crippen molar-refractivity contribution >= 4 is 23.3 Å². The van der Waals surface area contributed by atoms with Crippen LogP contribution >= 0.6 is 11.6 Å². The van der Waals surface area contributed by atoms with Crippen LogP contribution in [0.4, 0.5) is 19.3 Å². The van der Waals surface area contributed by atoms with Gasteiger partial charge in [0.2, 0.25) is 11.7 Å². The van der Waals surface area contributed by atoms with Gasteiger partial charge in [-0.15, -0.1) is 0 Å². The Balaban J connectivity index is 1.53. The maximum absolute atomic E-state index is 14.0. The zero-order chi connectivity index (χ0) is 19.7. The highest BCUT2D eigenvalue weighted by Crippen LogP contribution is 2.33. The third-order valence-electron chi connectivity index (χ3n) is 4.51. The number of likely N-dealkylation sites (tertiary alicyclic amines) is 1. The van der Waals surface area contributed by atoms with E-state index >= 15 is 0 Å². The predicted molar refractivity (Wildman–Crippen MR) is 98.8 cm³/mol. The third kappa shape index (κ3) is 3.68. The van der Waals surface area contributed by atoms with Crippen molar-refractivity contribution < 1.29 is 18.1 Å². The lowest BCUT2D eigenvalue weighted by molar-refractivity contribution is 0.193. The molecule has 1 aliphatic heterocycles. The number of urea groups is 1. The van der Waals surface area contributed by atoms with E-state index in [0.29, 0.717) is 23.7 Å². The van der Waals surface area contributed by atoms with E-state index in [1.54, 1.807) is 29.2 Å². The summed E-state index contributed by atoms with van der Waals surface area (Å²) in [6.45, 7) is 0.521. The molecule has 9 heteroatoms. The van der Waals surface area contributed by atoms with Crippen LogP contribution in [0.5, 0.6) is 0 Å². The fourth-order valence-corrected chi connectivity index (χ4v) is 3.27. The minimum Gasteiger partial charge on any atom is -0.337 e. The van der Waals surface area contributed by atoms with Crippen molar-refractivity contribution in [3.8, 4) is 11.4 Å². The molecule has 0 radical (unpaired) electrons. The lowest BCUT2D eigenvalue weighted by atomic mass is 10.2. The van der Waals surface area contributed by atoms with Crippen LogP contribution in [0.1, 0.15) is 24.8 Å². The number of amides is 2. The van der Waals surface area contributed by atoms with Gasteiger partial charge in [0.25, 0.3) is 0 Å². The van der Waals surface area contributed by atoms with Gasteiger partial charge in [0, 0.05) is 23.3 Å². The van der Waals surface area contributed by atoms with E-state index < -0.39 is 17.7 Å². The average Bonchev–Trinajstić information content (AvgIpc) is 3.32. The molecule has 0 unspecified atom stereocenters. The van der Waals surface area contributed by atoms with Gasteiger partial charge in [0.05, 0.1) is 5.56 Å². The lowest BCUT2D eigenvalue weighted by Crippen LogP contribution is -2.34. The Bertz CT molecular complexity index is 1010. The number of nitrogens with one attached hydrogen (secondary N) is 1. The van der Waals surface area contributed by atoms with Crippen molar-refractivity contribution in [2.24, 2.45) is 0 Å². The highest BCUT2D eigenvalue weighted by atomic mass is 35.5. The topological polar surface area (TPSA) is 71.3 Å². The molecule has 3 aromatic rings. The number of anilines is 1. The molecule has 1 atom stereocenters. The smallest absolute Gasteiger partial charge is 0.322 e. The summed E-state index contributed by atoms with van der Waals surface area (Å²) in [4.78, 5) is 18.5. The second-order valence-electron chi connectivity index (χ2n) is 6.37. The van der Waals surface area contributed by atoms with E-state index in [-0.39, 0.29) is 23.3 Å². The summed E-state index contributed by atoms with van der Waals surface area (Å²) in [7, 11) is 0. The van der Waals surface area contributed by atoms with Crippen molar-refractivity contribution in [1.29, 1.82) is 0 Å². The summed E-state index contributed by atoms with van der Waals surface area (Å²) in [6.07, 6.45) is 1.41. The Kier molecular flexibility index (Phi) is 4.95. The maximum atomic E-state index is 14.0. The Labute approximate surface area is 164 Å². The number of carbonyl (C=O) groups is 1. The van der Waals surface area contributed by atoms with Crippen LogP contribution in [-0.4, -0.2) is 27.6 Å². The predicted octanol–water partition coefficient (Wildman–Crippen LogP) is 5.04. The summed E-state index contributed by atoms with van der Waals surface area (Å²) in [5.74, 6) is -1.25. The van der Waals surface area contributed by atoms with Gasteiger partial charge >= 0.3 is 6.03 Å². The molecular formula is C19H15ClF2N4O2. The molecular weight excluding hydrogens is 390 g/mol. The van der Waals surface area contributed by atoms with Crippen LogP contribution in [0.2, 0.25) is 5.02 Å². The zero-order valence-corrected chi connectivity index (χ0v) is 15.3. The molecule has 2 amide bonds. The standard InChI is InChI=1S/C19H15ClF2N4O2/c20-11-3-6-13(7-4-11)23-19(27)26-9-1-2-16(26)18-24-17(25-28-18)14-8-5-12(21)10-15(14)22/h3-8,10,16H,1-2,9H2,(H,23,27)/t16-/m1/s1. The summed E-state index contributed by atoms with van der Waals surface area (Å²) < 4.78 is 32.3. The number of halogens is 3. The van der Waals surface area contributed by atoms with Gasteiger partial charge in [-0.1, -0.05) is 16.8 Å². The Morgan fingerprint density at radius 1 is 1.21 bits per heavy atom. The number of hydrogen-bond donors (Lipinski definition) is 1. The second-order valence-corrected chi connectivity index (χ2v) is 6.81. The summed E-state index contributed by atoms with van der Waals surface area (Å²) in [5.41, 5.74) is 0.645. The van der Waals surface area contributed by atoms with E-state index in [2.05, 4.69) is 15.5 Å². The molecule has 6 nitrogen and oxygen atoms in total. The minimum absolute atomic E-state index is 0.0115. The molecule has 2 heterocycles. The second kappa shape index (κ2) is 7.55. The van der Waals surface area contributed by atoms with Crippen molar-refractivity contribution in [1.82, 2.24) is 15.0 Å². The number of benzene rings is 2. The first kappa shape index (κ1) is 18.4. The van der Waals surface area contributed by atoms with E-state index in [9.17, 15) is 13.6 Å². The van der Waals surface area contributed by atoms with Gasteiger partial charge in [0.1, 0.15) is 17.7 Å². The van der Waals surface area contributed by atoms with E-state index in [1.165, 1.54) is 6.07 Å². The normalized spacial score (nSPS) is 16.4. The first-order valence-electron chi connectivity index (χ1n) is 8.63. The van der Waals surface area contributed by atoms with Gasteiger partial charge in [-0.2, -0.15) is 4.98 Å². The van der Waals surface area contributed by atoms with Crippen LogP contribution < -0.4 is 5.32 Å². The number of hydrogen-bond acceptors (Lipinski definition) is 4. The molecule has 1 aliphatic rings. The fourth-order valence-electron chi connectivity index (χ4n) is 3.15. The molecule has 0 spiro atoms. The van der Waals surface area contributed by atoms with Crippen molar-refractivity contribution in [3.63, 3.8) is 0 Å². The highest BCUT2D eigenvalue weighted by molar-refractivity contribution is 6.30. The lowest BCUT2D eigenvalue weighted by Gasteiger charge is -2.22. The van der Waals surface area contributed by atoms with E-state index in [1.807, 2.05) is 0 Å². The molecule has 2 aromatic carbocycles.